The Hall–Kier alpha value is -1.86. The summed E-state index contributed by atoms with van der Waals surface area (Å²) in [4.78, 5) is 15.0. The van der Waals surface area contributed by atoms with Crippen molar-refractivity contribution in [1.82, 2.24) is 10.3 Å². The van der Waals surface area contributed by atoms with E-state index in [1.807, 2.05) is 0 Å². The lowest BCUT2D eigenvalue weighted by molar-refractivity contribution is 0.0958. The van der Waals surface area contributed by atoms with E-state index in [0.717, 1.165) is 0 Å². The Morgan fingerprint density at radius 1 is 1.64 bits per heavy atom. The number of rotatable bonds is 1. The molecule has 0 aliphatic carbocycles. The molecule has 0 unspecified atom stereocenters. The molecule has 1 rings (SSSR count). The fourth-order valence-electron chi connectivity index (χ4n) is 0.872. The average molecular weight is 190 g/mol. The molecule has 0 aromatic carbocycles. The van der Waals surface area contributed by atoms with Gasteiger partial charge in [-0.05, 0) is 12.1 Å². The first kappa shape index (κ1) is 10.2. The van der Waals surface area contributed by atoms with E-state index < -0.39 is 0 Å². The quantitative estimate of drug-likeness (QED) is 0.602. The molecule has 0 bridgehead atoms. The van der Waals surface area contributed by atoms with Crippen molar-refractivity contribution in [2.45, 2.75) is 0 Å². The smallest absolute Gasteiger partial charge is 0.269 e. The van der Waals surface area contributed by atoms with Crippen LogP contribution in [-0.4, -0.2) is 29.7 Å². The number of carbonyl (C=O) groups excluding carboxylic acids is 1. The Morgan fingerprint density at radius 2 is 2.43 bits per heavy atom. The van der Waals surface area contributed by atoms with Crippen molar-refractivity contribution in [3.05, 3.63) is 29.6 Å². The fraction of sp³-hybridized carbons (Fsp3) is 0.200. The predicted molar refractivity (Wildman–Crippen MR) is 51.6 cm³/mol. The van der Waals surface area contributed by atoms with E-state index in [9.17, 15) is 4.79 Å². The van der Waals surface area contributed by atoms with E-state index in [1.165, 1.54) is 6.20 Å². The number of amides is 1. The molecule has 1 heterocycles. The molecule has 0 aliphatic heterocycles. The maximum atomic E-state index is 11.1. The number of nitrogens with one attached hydrogen (secondary N) is 1. The Labute approximate surface area is 82.0 Å². The summed E-state index contributed by atoms with van der Waals surface area (Å²) in [7, 11) is 1.55. The lowest BCUT2D eigenvalue weighted by Crippen LogP contribution is -2.18. The molecule has 0 radical (unpaired) electrons. The van der Waals surface area contributed by atoms with Crippen molar-refractivity contribution in [3.63, 3.8) is 0 Å². The summed E-state index contributed by atoms with van der Waals surface area (Å²) in [6.07, 6.45) is 1.49. The predicted octanol–water partition coefficient (Wildman–Crippen LogP) is -0.215. The van der Waals surface area contributed by atoms with E-state index in [0.29, 0.717) is 11.3 Å². The van der Waals surface area contributed by atoms with Gasteiger partial charge in [0.2, 0.25) is 0 Å². The van der Waals surface area contributed by atoms with Crippen molar-refractivity contribution in [1.29, 1.82) is 0 Å². The van der Waals surface area contributed by atoms with Gasteiger partial charge in [-0.2, -0.15) is 0 Å². The molecule has 0 saturated carbocycles. The van der Waals surface area contributed by atoms with Crippen LogP contribution in [0.5, 0.6) is 0 Å². The van der Waals surface area contributed by atoms with Gasteiger partial charge in [-0.1, -0.05) is 11.8 Å². The molecule has 0 atom stereocenters. The second-order valence-electron chi connectivity index (χ2n) is 2.47. The van der Waals surface area contributed by atoms with Gasteiger partial charge in [0.05, 0.1) is 0 Å². The molecule has 1 amide bonds. The lowest BCUT2D eigenvalue weighted by atomic mass is 10.2. The van der Waals surface area contributed by atoms with Crippen LogP contribution < -0.4 is 5.32 Å². The summed E-state index contributed by atoms with van der Waals surface area (Å²) < 4.78 is 0. The van der Waals surface area contributed by atoms with Gasteiger partial charge in [-0.15, -0.1) is 0 Å². The molecule has 0 aliphatic rings. The molecule has 72 valence electrons. The molecule has 4 heteroatoms. The highest BCUT2D eigenvalue weighted by Crippen LogP contribution is 1.98. The number of aliphatic hydroxyl groups is 1. The van der Waals surface area contributed by atoms with Gasteiger partial charge in [-0.25, -0.2) is 4.98 Å². The van der Waals surface area contributed by atoms with Crippen LogP contribution in [0.15, 0.2) is 18.3 Å². The maximum absolute atomic E-state index is 11.1. The van der Waals surface area contributed by atoms with Gasteiger partial charge in [0.1, 0.15) is 12.3 Å². The Kier molecular flexibility index (Phi) is 3.65. The van der Waals surface area contributed by atoms with E-state index in [-0.39, 0.29) is 12.5 Å². The molecule has 1 aromatic rings. The van der Waals surface area contributed by atoms with E-state index in [4.69, 9.17) is 5.11 Å². The van der Waals surface area contributed by atoms with Crippen LogP contribution in [0.4, 0.5) is 0 Å². The molecule has 0 spiro atoms. The van der Waals surface area contributed by atoms with Crippen LogP contribution in [-0.2, 0) is 0 Å². The topological polar surface area (TPSA) is 62.2 Å². The fourth-order valence-corrected chi connectivity index (χ4v) is 0.872. The van der Waals surface area contributed by atoms with Gasteiger partial charge in [0, 0.05) is 18.8 Å². The minimum atomic E-state index is -0.230. The third-order valence-electron chi connectivity index (χ3n) is 1.53. The van der Waals surface area contributed by atoms with Crippen LogP contribution in [0.1, 0.15) is 16.1 Å². The highest BCUT2D eigenvalue weighted by Gasteiger charge is 2.02. The summed E-state index contributed by atoms with van der Waals surface area (Å²) in [5, 5.41) is 10.9. The number of hydrogen-bond acceptors (Lipinski definition) is 3. The second-order valence-corrected chi connectivity index (χ2v) is 2.47. The van der Waals surface area contributed by atoms with Crippen LogP contribution in [0.25, 0.3) is 0 Å². The molecule has 0 saturated heterocycles. The van der Waals surface area contributed by atoms with Crippen LogP contribution in [0, 0.1) is 11.8 Å². The molecule has 0 fully saturated rings. The second kappa shape index (κ2) is 5.00. The normalized spacial score (nSPS) is 8.71. The zero-order valence-electron chi connectivity index (χ0n) is 7.74. The standard InChI is InChI=1S/C10H10N2O2/c1-11-10(14)9-5-4-8(7-12-9)3-2-6-13/h4-5,7,13H,6H2,1H3,(H,11,14). The van der Waals surface area contributed by atoms with Crippen molar-refractivity contribution < 1.29 is 9.90 Å². The zero-order valence-corrected chi connectivity index (χ0v) is 7.74. The summed E-state index contributed by atoms with van der Waals surface area (Å²) in [6, 6.07) is 3.26. The molecule has 4 nitrogen and oxygen atoms in total. The monoisotopic (exact) mass is 190 g/mol. The number of pyridine rings is 1. The Bertz CT molecular complexity index is 373. The van der Waals surface area contributed by atoms with E-state index in [1.54, 1.807) is 19.2 Å². The van der Waals surface area contributed by atoms with Crippen LogP contribution in [0.3, 0.4) is 0 Å². The Morgan fingerprint density at radius 3 is 2.93 bits per heavy atom. The van der Waals surface area contributed by atoms with Crippen molar-refractivity contribution in [3.8, 4) is 11.8 Å². The highest BCUT2D eigenvalue weighted by molar-refractivity contribution is 5.91. The summed E-state index contributed by atoms with van der Waals surface area (Å²) >= 11 is 0. The van der Waals surface area contributed by atoms with Gasteiger partial charge < -0.3 is 10.4 Å². The summed E-state index contributed by atoms with van der Waals surface area (Å²) in [6.45, 7) is -0.183. The minimum absolute atomic E-state index is 0.183. The molecule has 1 aromatic heterocycles. The average Bonchev–Trinajstić information content (AvgIpc) is 2.26. The largest absolute Gasteiger partial charge is 0.384 e. The SMILES string of the molecule is CNC(=O)c1ccc(C#CCO)cn1. The van der Waals surface area contributed by atoms with Gasteiger partial charge in [0.15, 0.2) is 0 Å². The lowest BCUT2D eigenvalue weighted by Gasteiger charge is -1.97. The zero-order chi connectivity index (χ0) is 10.4. The van der Waals surface area contributed by atoms with Crippen molar-refractivity contribution in [2.75, 3.05) is 13.7 Å². The third-order valence-corrected chi connectivity index (χ3v) is 1.53. The molecule has 14 heavy (non-hydrogen) atoms. The van der Waals surface area contributed by atoms with Crippen molar-refractivity contribution >= 4 is 5.91 Å². The maximum Gasteiger partial charge on any atom is 0.269 e. The molecular weight excluding hydrogens is 180 g/mol. The highest BCUT2D eigenvalue weighted by atomic mass is 16.2. The van der Waals surface area contributed by atoms with Crippen LogP contribution >= 0.6 is 0 Å². The minimum Gasteiger partial charge on any atom is -0.384 e. The first-order chi connectivity index (χ1) is 6.77. The van der Waals surface area contributed by atoms with Crippen molar-refractivity contribution in [2.24, 2.45) is 0 Å². The van der Waals surface area contributed by atoms with Gasteiger partial charge in [-0.3, -0.25) is 4.79 Å². The Balaban J connectivity index is 2.83. The van der Waals surface area contributed by atoms with Gasteiger partial charge >= 0.3 is 0 Å². The molecule has 2 N–H and O–H groups in total. The van der Waals surface area contributed by atoms with Crippen LogP contribution in [0.2, 0.25) is 0 Å². The number of nitrogens with zero attached hydrogens (tertiary/aromatic N) is 1. The first-order valence-corrected chi connectivity index (χ1v) is 4.06. The van der Waals surface area contributed by atoms with E-state index >= 15 is 0 Å². The summed E-state index contributed by atoms with van der Waals surface area (Å²) in [5.41, 5.74) is 1.02. The third kappa shape index (κ3) is 2.57. The van der Waals surface area contributed by atoms with E-state index in [2.05, 4.69) is 22.1 Å². The summed E-state index contributed by atoms with van der Waals surface area (Å²) in [5.74, 6) is 4.95. The number of aromatic nitrogens is 1. The number of carbonyl (C=O) groups is 1. The van der Waals surface area contributed by atoms with Gasteiger partial charge in [0.25, 0.3) is 5.91 Å². The number of aliphatic hydroxyl groups excluding tert-OH is 1. The first-order valence-electron chi connectivity index (χ1n) is 4.06. The molecular formula is C10H10N2O2. The number of hydrogen-bond donors (Lipinski definition) is 2.